The largest absolute Gasteiger partial charge is 0.481 e. The molecule has 0 aliphatic rings. The standard InChI is InChI=1S/C23H27NO2Si/c1-23(2,3)27(20-11-7-5-8-12-20,21-13-9-6-10-14-21)26-18-19-15-16-22(25-4)24-17-19/h5-17H,18H2,1-4H3. The molecule has 0 radical (unpaired) electrons. The van der Waals surface area contributed by atoms with Gasteiger partial charge < -0.3 is 9.16 Å². The molecule has 1 aromatic heterocycles. The number of rotatable bonds is 6. The second-order valence-corrected chi connectivity index (χ2v) is 12.0. The fourth-order valence-electron chi connectivity index (χ4n) is 3.57. The number of methoxy groups -OCH3 is 1. The summed E-state index contributed by atoms with van der Waals surface area (Å²) >= 11 is 0. The number of nitrogens with zero attached hydrogens (tertiary/aromatic N) is 1. The van der Waals surface area contributed by atoms with Crippen molar-refractivity contribution in [2.24, 2.45) is 0 Å². The molecule has 0 unspecified atom stereocenters. The van der Waals surface area contributed by atoms with Crippen LogP contribution in [0.1, 0.15) is 26.3 Å². The van der Waals surface area contributed by atoms with Crippen molar-refractivity contribution in [2.75, 3.05) is 7.11 Å². The Hall–Kier alpha value is -2.43. The highest BCUT2D eigenvalue weighted by atomic mass is 28.4. The Morgan fingerprint density at radius 1 is 0.815 bits per heavy atom. The van der Waals surface area contributed by atoms with Gasteiger partial charge in [-0.15, -0.1) is 0 Å². The van der Waals surface area contributed by atoms with Crippen molar-refractivity contribution in [1.82, 2.24) is 4.98 Å². The van der Waals surface area contributed by atoms with Crippen molar-refractivity contribution in [1.29, 1.82) is 0 Å². The van der Waals surface area contributed by atoms with Crippen LogP contribution >= 0.6 is 0 Å². The molecule has 3 rings (SSSR count). The van der Waals surface area contributed by atoms with Gasteiger partial charge in [-0.1, -0.05) is 81.4 Å². The molecular formula is C23H27NO2Si. The molecule has 3 nitrogen and oxygen atoms in total. The monoisotopic (exact) mass is 377 g/mol. The van der Waals surface area contributed by atoms with Crippen LogP contribution in [0.4, 0.5) is 0 Å². The van der Waals surface area contributed by atoms with Gasteiger partial charge in [0.15, 0.2) is 0 Å². The van der Waals surface area contributed by atoms with Gasteiger partial charge in [-0.2, -0.15) is 0 Å². The summed E-state index contributed by atoms with van der Waals surface area (Å²) < 4.78 is 12.0. The Morgan fingerprint density at radius 3 is 1.78 bits per heavy atom. The quantitative estimate of drug-likeness (QED) is 0.604. The molecule has 0 aliphatic carbocycles. The Balaban J connectivity index is 2.05. The Kier molecular flexibility index (Phi) is 5.78. The number of benzene rings is 2. The second kappa shape index (κ2) is 8.07. The molecule has 0 amide bonds. The van der Waals surface area contributed by atoms with E-state index in [9.17, 15) is 0 Å². The first-order chi connectivity index (χ1) is 13.0. The number of hydrogen-bond acceptors (Lipinski definition) is 3. The third-order valence-electron chi connectivity index (χ3n) is 4.88. The third kappa shape index (κ3) is 3.97. The van der Waals surface area contributed by atoms with Crippen LogP contribution in [0.3, 0.4) is 0 Å². The van der Waals surface area contributed by atoms with Gasteiger partial charge >= 0.3 is 0 Å². The lowest BCUT2D eigenvalue weighted by atomic mass is 10.2. The Morgan fingerprint density at radius 2 is 1.37 bits per heavy atom. The maximum absolute atomic E-state index is 6.88. The lowest BCUT2D eigenvalue weighted by Gasteiger charge is -2.43. The predicted octanol–water partition coefficient (Wildman–Crippen LogP) is 4.17. The van der Waals surface area contributed by atoms with Gasteiger partial charge in [0.25, 0.3) is 8.32 Å². The van der Waals surface area contributed by atoms with Crippen molar-refractivity contribution in [3.05, 3.63) is 84.6 Å². The summed E-state index contributed by atoms with van der Waals surface area (Å²) in [6, 6.07) is 25.2. The molecule has 3 aromatic rings. The molecule has 0 atom stereocenters. The highest BCUT2D eigenvalue weighted by Crippen LogP contribution is 2.37. The molecule has 0 spiro atoms. The Labute approximate surface area is 163 Å². The summed E-state index contributed by atoms with van der Waals surface area (Å²) in [4.78, 5) is 4.32. The van der Waals surface area contributed by atoms with E-state index in [0.717, 1.165) is 5.56 Å². The van der Waals surface area contributed by atoms with E-state index in [1.807, 2.05) is 18.3 Å². The smallest absolute Gasteiger partial charge is 0.261 e. The van der Waals surface area contributed by atoms with Crippen molar-refractivity contribution in [3.8, 4) is 5.88 Å². The van der Waals surface area contributed by atoms with Crippen LogP contribution in [-0.2, 0) is 11.0 Å². The maximum Gasteiger partial charge on any atom is 0.261 e. The number of ether oxygens (including phenoxy) is 1. The van der Waals surface area contributed by atoms with E-state index in [0.29, 0.717) is 12.5 Å². The highest BCUT2D eigenvalue weighted by molar-refractivity contribution is 6.99. The van der Waals surface area contributed by atoms with Gasteiger partial charge in [0.2, 0.25) is 5.88 Å². The average Bonchev–Trinajstić information content (AvgIpc) is 2.69. The van der Waals surface area contributed by atoms with E-state index >= 15 is 0 Å². The number of aromatic nitrogens is 1. The first-order valence-corrected chi connectivity index (χ1v) is 11.1. The number of hydrogen-bond donors (Lipinski definition) is 0. The molecule has 140 valence electrons. The minimum atomic E-state index is -2.51. The SMILES string of the molecule is COc1ccc(CO[Si](c2ccccc2)(c2ccccc2)C(C)(C)C)cn1. The maximum atomic E-state index is 6.88. The van der Waals surface area contributed by atoms with E-state index < -0.39 is 8.32 Å². The zero-order chi connectivity index (χ0) is 19.3. The molecule has 0 fully saturated rings. The van der Waals surface area contributed by atoms with Crippen LogP contribution in [0, 0.1) is 0 Å². The van der Waals surface area contributed by atoms with E-state index in [2.05, 4.69) is 86.4 Å². The zero-order valence-corrected chi connectivity index (χ0v) is 17.5. The van der Waals surface area contributed by atoms with Crippen LogP contribution in [-0.4, -0.2) is 20.4 Å². The van der Waals surface area contributed by atoms with Crippen molar-refractivity contribution >= 4 is 18.7 Å². The molecule has 0 aliphatic heterocycles. The van der Waals surface area contributed by atoms with E-state index in [1.165, 1.54) is 10.4 Å². The van der Waals surface area contributed by atoms with Crippen LogP contribution in [0.5, 0.6) is 5.88 Å². The minimum Gasteiger partial charge on any atom is -0.481 e. The molecule has 0 N–H and O–H groups in total. The summed E-state index contributed by atoms with van der Waals surface area (Å²) in [7, 11) is -0.887. The first kappa shape index (κ1) is 19.3. The first-order valence-electron chi connectivity index (χ1n) is 9.21. The summed E-state index contributed by atoms with van der Waals surface area (Å²) in [6.07, 6.45) is 1.83. The van der Waals surface area contributed by atoms with Crippen molar-refractivity contribution < 1.29 is 9.16 Å². The highest BCUT2D eigenvalue weighted by Gasteiger charge is 2.50. The summed E-state index contributed by atoms with van der Waals surface area (Å²) in [5.41, 5.74) is 1.05. The third-order valence-corrected chi connectivity index (χ3v) is 9.86. The summed E-state index contributed by atoms with van der Waals surface area (Å²) in [5, 5.41) is 2.53. The lowest BCUT2D eigenvalue weighted by molar-refractivity contribution is 0.285. The van der Waals surface area contributed by atoms with Crippen LogP contribution in [0.15, 0.2) is 79.0 Å². The summed E-state index contributed by atoms with van der Waals surface area (Å²) in [5.74, 6) is 0.615. The van der Waals surface area contributed by atoms with E-state index in [4.69, 9.17) is 9.16 Å². The molecule has 0 saturated carbocycles. The fourth-order valence-corrected chi connectivity index (χ4v) is 8.11. The van der Waals surface area contributed by atoms with Gasteiger partial charge in [-0.25, -0.2) is 4.98 Å². The molecule has 2 aromatic carbocycles. The topological polar surface area (TPSA) is 31.4 Å². The summed E-state index contributed by atoms with van der Waals surface area (Å²) in [6.45, 7) is 7.37. The van der Waals surface area contributed by atoms with Crippen LogP contribution < -0.4 is 15.1 Å². The van der Waals surface area contributed by atoms with Crippen molar-refractivity contribution in [3.63, 3.8) is 0 Å². The van der Waals surface area contributed by atoms with Gasteiger partial charge in [-0.3, -0.25) is 0 Å². The molecule has 1 heterocycles. The van der Waals surface area contributed by atoms with E-state index in [1.54, 1.807) is 7.11 Å². The van der Waals surface area contributed by atoms with Crippen LogP contribution in [0.2, 0.25) is 5.04 Å². The predicted molar refractivity (Wildman–Crippen MR) is 113 cm³/mol. The normalized spacial score (nSPS) is 12.0. The zero-order valence-electron chi connectivity index (χ0n) is 16.5. The molecule has 0 bridgehead atoms. The average molecular weight is 378 g/mol. The van der Waals surface area contributed by atoms with E-state index in [-0.39, 0.29) is 5.04 Å². The lowest BCUT2D eigenvalue weighted by Crippen LogP contribution is -2.66. The van der Waals surface area contributed by atoms with Crippen LogP contribution in [0.25, 0.3) is 0 Å². The fraction of sp³-hybridized carbons (Fsp3) is 0.261. The Bertz CT molecular complexity index is 804. The molecule has 27 heavy (non-hydrogen) atoms. The minimum absolute atomic E-state index is 0.0321. The van der Waals surface area contributed by atoms with Gasteiger partial charge in [0.1, 0.15) is 0 Å². The molecular weight excluding hydrogens is 350 g/mol. The van der Waals surface area contributed by atoms with Gasteiger partial charge in [0, 0.05) is 12.3 Å². The van der Waals surface area contributed by atoms with Crippen molar-refractivity contribution in [2.45, 2.75) is 32.4 Å². The van der Waals surface area contributed by atoms with Gasteiger partial charge in [-0.05, 0) is 27.0 Å². The molecule has 0 saturated heterocycles. The molecule has 4 heteroatoms. The number of pyridine rings is 1. The van der Waals surface area contributed by atoms with Gasteiger partial charge in [0.05, 0.1) is 13.7 Å². The second-order valence-electron chi connectivity index (χ2n) is 7.66.